The third kappa shape index (κ3) is 7.67. The molecule has 134 valence electrons. The summed E-state index contributed by atoms with van der Waals surface area (Å²) >= 11 is 0. The standard InChI is InChI=1S/C21H32O3/c1-4-5-6-7-8-9-10-11-16-24-20-14-12-19(13-15-20)21(17(2)22)18(3)23/h12-15,22H,4-11,16H2,1-3H3/p-1/b21-17-. The van der Waals surface area contributed by atoms with Gasteiger partial charge in [0.05, 0.1) is 6.61 Å². The van der Waals surface area contributed by atoms with E-state index in [1.54, 1.807) is 12.1 Å². The molecule has 0 atom stereocenters. The van der Waals surface area contributed by atoms with E-state index < -0.39 is 0 Å². The molecule has 0 saturated carbocycles. The minimum absolute atomic E-state index is 0.199. The normalized spacial score (nSPS) is 12.0. The Morgan fingerprint density at radius 1 is 0.917 bits per heavy atom. The average Bonchev–Trinajstić information content (AvgIpc) is 2.54. The molecule has 0 aliphatic carbocycles. The fourth-order valence-electron chi connectivity index (χ4n) is 2.80. The Morgan fingerprint density at radius 2 is 1.46 bits per heavy atom. The summed E-state index contributed by atoms with van der Waals surface area (Å²) in [6.07, 6.45) is 10.2. The van der Waals surface area contributed by atoms with Gasteiger partial charge in [0.2, 0.25) is 0 Å². The monoisotopic (exact) mass is 331 g/mol. The molecule has 1 aromatic carbocycles. The minimum atomic E-state index is -0.199. The van der Waals surface area contributed by atoms with Crippen molar-refractivity contribution in [1.82, 2.24) is 0 Å². The molecule has 3 heteroatoms. The number of hydrogen-bond donors (Lipinski definition) is 0. The van der Waals surface area contributed by atoms with Gasteiger partial charge in [-0.15, -0.1) is 5.76 Å². The maximum absolute atomic E-state index is 11.5. The molecule has 0 spiro atoms. The van der Waals surface area contributed by atoms with Gasteiger partial charge in [-0.05, 0) is 31.0 Å². The number of rotatable bonds is 12. The van der Waals surface area contributed by atoms with Crippen LogP contribution in [0, 0.1) is 0 Å². The van der Waals surface area contributed by atoms with Gasteiger partial charge in [-0.25, -0.2) is 0 Å². The lowest BCUT2D eigenvalue weighted by Crippen LogP contribution is -2.08. The lowest BCUT2D eigenvalue weighted by Gasteiger charge is -2.14. The Kier molecular flexibility index (Phi) is 9.90. The summed E-state index contributed by atoms with van der Waals surface area (Å²) < 4.78 is 5.73. The predicted molar refractivity (Wildman–Crippen MR) is 97.8 cm³/mol. The summed E-state index contributed by atoms with van der Waals surface area (Å²) in [7, 11) is 0. The summed E-state index contributed by atoms with van der Waals surface area (Å²) in [5.41, 5.74) is 0.916. The third-order valence-corrected chi connectivity index (χ3v) is 4.11. The molecule has 0 saturated heterocycles. The first-order valence-electron chi connectivity index (χ1n) is 9.18. The van der Waals surface area contributed by atoms with E-state index in [9.17, 15) is 9.90 Å². The smallest absolute Gasteiger partial charge is 0.159 e. The van der Waals surface area contributed by atoms with E-state index in [1.165, 1.54) is 58.8 Å². The van der Waals surface area contributed by atoms with Crippen molar-refractivity contribution < 1.29 is 14.6 Å². The Morgan fingerprint density at radius 3 is 1.96 bits per heavy atom. The molecule has 1 aromatic rings. The summed E-state index contributed by atoms with van der Waals surface area (Å²) in [5, 5.41) is 11.5. The predicted octanol–water partition coefficient (Wildman–Crippen LogP) is 4.89. The second kappa shape index (κ2) is 11.7. The molecule has 0 aliphatic heterocycles. The van der Waals surface area contributed by atoms with Crippen LogP contribution in [0.5, 0.6) is 5.75 Å². The first kappa shape index (κ1) is 20.3. The highest BCUT2D eigenvalue weighted by Crippen LogP contribution is 2.21. The van der Waals surface area contributed by atoms with Crippen LogP contribution in [0.15, 0.2) is 30.0 Å². The molecule has 0 heterocycles. The molecule has 0 aliphatic rings. The van der Waals surface area contributed by atoms with Crippen LogP contribution in [0.3, 0.4) is 0 Å². The lowest BCUT2D eigenvalue weighted by molar-refractivity contribution is -0.300. The maximum atomic E-state index is 11.5. The first-order chi connectivity index (χ1) is 11.6. The fourth-order valence-corrected chi connectivity index (χ4v) is 2.80. The minimum Gasteiger partial charge on any atom is -0.875 e. The average molecular weight is 331 g/mol. The Hall–Kier alpha value is -1.77. The van der Waals surface area contributed by atoms with Crippen molar-refractivity contribution in [2.24, 2.45) is 0 Å². The van der Waals surface area contributed by atoms with Crippen LogP contribution in [0.2, 0.25) is 0 Å². The number of ketones is 1. The zero-order valence-electron chi connectivity index (χ0n) is 15.4. The van der Waals surface area contributed by atoms with Crippen molar-refractivity contribution in [3.63, 3.8) is 0 Å². The molecule has 0 radical (unpaired) electrons. The van der Waals surface area contributed by atoms with Crippen LogP contribution in [-0.4, -0.2) is 12.4 Å². The molecule has 0 aromatic heterocycles. The number of carbonyl (C=O) groups excluding carboxylic acids is 1. The number of ether oxygens (including phenoxy) is 1. The molecule has 3 nitrogen and oxygen atoms in total. The second-order valence-corrected chi connectivity index (χ2v) is 6.34. The van der Waals surface area contributed by atoms with Gasteiger partial charge in [-0.3, -0.25) is 4.79 Å². The topological polar surface area (TPSA) is 49.4 Å². The fraction of sp³-hybridized carbons (Fsp3) is 0.571. The molecule has 0 unspecified atom stereocenters. The molecule has 0 fully saturated rings. The molecular formula is C21H31O3-. The zero-order chi connectivity index (χ0) is 17.8. The van der Waals surface area contributed by atoms with Crippen LogP contribution in [0.25, 0.3) is 5.57 Å². The SMILES string of the molecule is CCCCCCCCCCOc1ccc(/C(C(C)=O)=C(/C)[O-])cc1. The van der Waals surface area contributed by atoms with Gasteiger partial charge in [-0.1, -0.05) is 70.9 Å². The number of hydrogen-bond acceptors (Lipinski definition) is 3. The van der Waals surface area contributed by atoms with Gasteiger partial charge < -0.3 is 9.84 Å². The van der Waals surface area contributed by atoms with Gasteiger partial charge in [0.1, 0.15) is 5.75 Å². The van der Waals surface area contributed by atoms with Crippen molar-refractivity contribution >= 4 is 11.4 Å². The molecular weight excluding hydrogens is 300 g/mol. The molecule has 1 rings (SSSR count). The number of carbonyl (C=O) groups is 1. The third-order valence-electron chi connectivity index (χ3n) is 4.11. The van der Waals surface area contributed by atoms with Crippen LogP contribution in [0.1, 0.15) is 77.7 Å². The van der Waals surface area contributed by atoms with E-state index in [2.05, 4.69) is 6.92 Å². The Labute approximate surface area is 146 Å². The number of allylic oxidation sites excluding steroid dienone is 2. The zero-order valence-corrected chi connectivity index (χ0v) is 15.4. The highest BCUT2D eigenvalue weighted by atomic mass is 16.5. The van der Waals surface area contributed by atoms with Crippen molar-refractivity contribution in [2.45, 2.75) is 72.1 Å². The van der Waals surface area contributed by atoms with Crippen molar-refractivity contribution in [3.8, 4) is 5.75 Å². The lowest BCUT2D eigenvalue weighted by atomic mass is 10.0. The maximum Gasteiger partial charge on any atom is 0.159 e. The summed E-state index contributed by atoms with van der Waals surface area (Å²) in [5.74, 6) is 0.387. The van der Waals surface area contributed by atoms with Crippen molar-refractivity contribution in [3.05, 3.63) is 35.6 Å². The van der Waals surface area contributed by atoms with Crippen molar-refractivity contribution in [2.75, 3.05) is 6.61 Å². The van der Waals surface area contributed by atoms with E-state index in [-0.39, 0.29) is 17.1 Å². The van der Waals surface area contributed by atoms with Gasteiger partial charge in [-0.2, -0.15) is 0 Å². The van der Waals surface area contributed by atoms with Gasteiger partial charge >= 0.3 is 0 Å². The summed E-state index contributed by atoms with van der Waals surface area (Å²) in [6.45, 7) is 5.79. The molecule has 0 bridgehead atoms. The van der Waals surface area contributed by atoms with Crippen LogP contribution in [0.4, 0.5) is 0 Å². The van der Waals surface area contributed by atoms with Gasteiger partial charge in [0.15, 0.2) is 5.78 Å². The van der Waals surface area contributed by atoms with Crippen LogP contribution >= 0.6 is 0 Å². The summed E-state index contributed by atoms with van der Waals surface area (Å²) in [4.78, 5) is 11.5. The van der Waals surface area contributed by atoms with Crippen LogP contribution < -0.4 is 9.84 Å². The second-order valence-electron chi connectivity index (χ2n) is 6.34. The quantitative estimate of drug-likeness (QED) is 0.311. The van der Waals surface area contributed by atoms with E-state index >= 15 is 0 Å². The molecule has 24 heavy (non-hydrogen) atoms. The van der Waals surface area contributed by atoms with Gasteiger partial charge in [0.25, 0.3) is 0 Å². The highest BCUT2D eigenvalue weighted by molar-refractivity contribution is 6.19. The molecule has 0 N–H and O–H groups in total. The first-order valence-corrected chi connectivity index (χ1v) is 9.18. The van der Waals surface area contributed by atoms with E-state index in [0.29, 0.717) is 12.2 Å². The van der Waals surface area contributed by atoms with E-state index in [1.807, 2.05) is 12.1 Å². The summed E-state index contributed by atoms with van der Waals surface area (Å²) in [6, 6.07) is 7.21. The van der Waals surface area contributed by atoms with Crippen molar-refractivity contribution in [1.29, 1.82) is 0 Å². The largest absolute Gasteiger partial charge is 0.875 e. The highest BCUT2D eigenvalue weighted by Gasteiger charge is 2.07. The Balaban J connectivity index is 2.28. The number of unbranched alkanes of at least 4 members (excludes halogenated alkanes) is 7. The van der Waals surface area contributed by atoms with E-state index in [4.69, 9.17) is 4.74 Å². The number of benzene rings is 1. The van der Waals surface area contributed by atoms with E-state index in [0.717, 1.165) is 12.2 Å². The molecule has 0 amide bonds. The van der Waals surface area contributed by atoms with Gasteiger partial charge in [0, 0.05) is 5.57 Å². The van der Waals surface area contributed by atoms with Crippen LogP contribution in [-0.2, 0) is 4.79 Å². The Bertz CT molecular complexity index is 510. The number of Topliss-reactive ketones (excluding diaryl/α,β-unsaturated/α-hetero) is 1.